The molecule has 0 spiro atoms. The summed E-state index contributed by atoms with van der Waals surface area (Å²) >= 11 is 0. The van der Waals surface area contributed by atoms with Crippen LogP contribution in [0.15, 0.2) is 72.8 Å². The minimum atomic E-state index is 0.0357. The quantitative estimate of drug-likeness (QED) is 0.510. The number of methoxy groups -OCH3 is 1. The standard InChI is InChI=1S/C24H22N2O2/c1-27-21-10-8-18-14-20(7-6-19(18)15-21)23-16-26(12-13-28-23)24-11-9-17-4-2-3-5-22(17)25-24/h2-11,14-15,23H,12-13,16H2,1H3/t23-/m1/s1. The van der Waals surface area contributed by atoms with Gasteiger partial charge in [-0.2, -0.15) is 0 Å². The Balaban J connectivity index is 1.42. The Morgan fingerprint density at radius 3 is 2.68 bits per heavy atom. The Morgan fingerprint density at radius 2 is 1.75 bits per heavy atom. The first-order chi connectivity index (χ1) is 13.8. The molecule has 0 saturated carbocycles. The number of ether oxygens (including phenoxy) is 2. The summed E-state index contributed by atoms with van der Waals surface area (Å²) in [5.41, 5.74) is 2.23. The van der Waals surface area contributed by atoms with Gasteiger partial charge < -0.3 is 14.4 Å². The number of hydrogen-bond donors (Lipinski definition) is 0. The van der Waals surface area contributed by atoms with E-state index >= 15 is 0 Å². The summed E-state index contributed by atoms with van der Waals surface area (Å²) in [6, 6.07) is 25.2. The molecule has 2 heterocycles. The van der Waals surface area contributed by atoms with E-state index in [2.05, 4.69) is 59.5 Å². The minimum absolute atomic E-state index is 0.0357. The zero-order chi connectivity index (χ0) is 18.9. The van der Waals surface area contributed by atoms with Gasteiger partial charge in [0, 0.05) is 18.5 Å². The van der Waals surface area contributed by atoms with E-state index < -0.39 is 0 Å². The van der Waals surface area contributed by atoms with Crippen molar-refractivity contribution >= 4 is 27.5 Å². The van der Waals surface area contributed by atoms with E-state index in [9.17, 15) is 0 Å². The molecule has 5 rings (SSSR count). The van der Waals surface area contributed by atoms with Crippen molar-refractivity contribution in [3.63, 3.8) is 0 Å². The molecular formula is C24H22N2O2. The number of aromatic nitrogens is 1. The van der Waals surface area contributed by atoms with Crippen LogP contribution in [0.1, 0.15) is 11.7 Å². The lowest BCUT2D eigenvalue weighted by Gasteiger charge is -2.34. The Morgan fingerprint density at radius 1 is 0.929 bits per heavy atom. The van der Waals surface area contributed by atoms with E-state index in [0.29, 0.717) is 6.61 Å². The smallest absolute Gasteiger partial charge is 0.129 e. The zero-order valence-electron chi connectivity index (χ0n) is 15.8. The average molecular weight is 370 g/mol. The number of pyridine rings is 1. The molecule has 1 fully saturated rings. The molecule has 1 saturated heterocycles. The number of fused-ring (bicyclic) bond motifs is 2. The van der Waals surface area contributed by atoms with Crippen LogP contribution in [0.25, 0.3) is 21.7 Å². The molecule has 0 N–H and O–H groups in total. The number of hydrogen-bond acceptors (Lipinski definition) is 4. The van der Waals surface area contributed by atoms with E-state index in [-0.39, 0.29) is 6.10 Å². The first-order valence-electron chi connectivity index (χ1n) is 9.60. The van der Waals surface area contributed by atoms with Crippen LogP contribution in [-0.4, -0.2) is 31.8 Å². The third-order valence-corrected chi connectivity index (χ3v) is 5.42. The molecule has 0 aliphatic carbocycles. The molecule has 4 aromatic rings. The van der Waals surface area contributed by atoms with Gasteiger partial charge in [0.15, 0.2) is 0 Å². The predicted molar refractivity (Wildman–Crippen MR) is 113 cm³/mol. The third-order valence-electron chi connectivity index (χ3n) is 5.42. The van der Waals surface area contributed by atoms with Crippen molar-refractivity contribution in [3.05, 3.63) is 78.4 Å². The van der Waals surface area contributed by atoms with Crippen LogP contribution in [0.4, 0.5) is 5.82 Å². The molecule has 1 aromatic heterocycles. The number of morpholine rings is 1. The van der Waals surface area contributed by atoms with Crippen LogP contribution in [0.3, 0.4) is 0 Å². The van der Waals surface area contributed by atoms with Crippen LogP contribution in [0.5, 0.6) is 5.75 Å². The number of anilines is 1. The molecule has 140 valence electrons. The largest absolute Gasteiger partial charge is 0.497 e. The SMILES string of the molecule is COc1ccc2cc([C@H]3CN(c4ccc5ccccc5n4)CCO3)ccc2c1. The predicted octanol–water partition coefficient (Wildman–Crippen LogP) is 4.97. The van der Waals surface area contributed by atoms with Crippen LogP contribution < -0.4 is 9.64 Å². The molecule has 0 bridgehead atoms. The Bertz CT molecular complexity index is 1140. The normalized spacial score (nSPS) is 17.2. The maximum Gasteiger partial charge on any atom is 0.129 e. The van der Waals surface area contributed by atoms with Crippen molar-refractivity contribution in [1.29, 1.82) is 0 Å². The summed E-state index contributed by atoms with van der Waals surface area (Å²) in [4.78, 5) is 7.17. The summed E-state index contributed by atoms with van der Waals surface area (Å²) in [6.07, 6.45) is 0.0357. The lowest BCUT2D eigenvalue weighted by Crippen LogP contribution is -2.38. The van der Waals surface area contributed by atoms with E-state index in [1.807, 2.05) is 18.2 Å². The monoisotopic (exact) mass is 370 g/mol. The number of nitrogens with zero attached hydrogens (tertiary/aromatic N) is 2. The first-order valence-corrected chi connectivity index (χ1v) is 9.60. The van der Waals surface area contributed by atoms with Gasteiger partial charge in [0.2, 0.25) is 0 Å². The van der Waals surface area contributed by atoms with Crippen LogP contribution >= 0.6 is 0 Å². The molecule has 0 amide bonds. The van der Waals surface area contributed by atoms with E-state index in [0.717, 1.165) is 30.2 Å². The van der Waals surface area contributed by atoms with Crippen molar-refractivity contribution in [3.8, 4) is 5.75 Å². The van der Waals surface area contributed by atoms with Gasteiger partial charge in [0.25, 0.3) is 0 Å². The number of benzene rings is 3. The second-order valence-corrected chi connectivity index (χ2v) is 7.14. The fourth-order valence-electron chi connectivity index (χ4n) is 3.86. The van der Waals surface area contributed by atoms with Gasteiger partial charge in [0.05, 0.1) is 19.2 Å². The highest BCUT2D eigenvalue weighted by atomic mass is 16.5. The number of para-hydroxylation sites is 1. The fraction of sp³-hybridized carbons (Fsp3) is 0.208. The van der Waals surface area contributed by atoms with Gasteiger partial charge in [0.1, 0.15) is 17.7 Å². The minimum Gasteiger partial charge on any atom is -0.497 e. The lowest BCUT2D eigenvalue weighted by molar-refractivity contribution is 0.0396. The number of rotatable bonds is 3. The molecule has 1 atom stereocenters. The highest BCUT2D eigenvalue weighted by Gasteiger charge is 2.23. The molecule has 28 heavy (non-hydrogen) atoms. The summed E-state index contributed by atoms with van der Waals surface area (Å²) in [6.45, 7) is 2.35. The molecule has 1 aliphatic rings. The van der Waals surface area contributed by atoms with Gasteiger partial charge in [-0.05, 0) is 52.7 Å². The van der Waals surface area contributed by atoms with Gasteiger partial charge >= 0.3 is 0 Å². The van der Waals surface area contributed by atoms with Gasteiger partial charge in [-0.3, -0.25) is 0 Å². The zero-order valence-corrected chi connectivity index (χ0v) is 15.8. The Labute approximate surface area is 164 Å². The molecule has 4 nitrogen and oxygen atoms in total. The fourth-order valence-corrected chi connectivity index (χ4v) is 3.86. The Hall–Kier alpha value is -3.11. The maximum absolute atomic E-state index is 6.10. The third kappa shape index (κ3) is 3.16. The second-order valence-electron chi connectivity index (χ2n) is 7.14. The molecule has 0 unspecified atom stereocenters. The molecule has 0 radical (unpaired) electrons. The van der Waals surface area contributed by atoms with Crippen molar-refractivity contribution in [2.45, 2.75) is 6.10 Å². The summed E-state index contributed by atoms with van der Waals surface area (Å²) in [5.74, 6) is 1.89. The van der Waals surface area contributed by atoms with Crippen LogP contribution in [0, 0.1) is 0 Å². The van der Waals surface area contributed by atoms with Crippen molar-refractivity contribution in [1.82, 2.24) is 4.98 Å². The second kappa shape index (κ2) is 7.13. The Kier molecular flexibility index (Phi) is 4.34. The van der Waals surface area contributed by atoms with E-state index in [4.69, 9.17) is 14.5 Å². The molecule has 4 heteroatoms. The van der Waals surface area contributed by atoms with Crippen LogP contribution in [-0.2, 0) is 4.74 Å². The van der Waals surface area contributed by atoms with Gasteiger partial charge in [-0.15, -0.1) is 0 Å². The lowest BCUT2D eigenvalue weighted by atomic mass is 10.0. The highest BCUT2D eigenvalue weighted by Crippen LogP contribution is 2.29. The summed E-state index contributed by atoms with van der Waals surface area (Å²) in [5, 5.41) is 3.54. The first kappa shape index (κ1) is 17.0. The maximum atomic E-state index is 6.10. The van der Waals surface area contributed by atoms with Crippen LogP contribution in [0.2, 0.25) is 0 Å². The van der Waals surface area contributed by atoms with E-state index in [1.165, 1.54) is 21.7 Å². The summed E-state index contributed by atoms with van der Waals surface area (Å²) < 4.78 is 11.4. The molecule has 3 aromatic carbocycles. The van der Waals surface area contributed by atoms with Crippen molar-refractivity contribution < 1.29 is 9.47 Å². The molecular weight excluding hydrogens is 348 g/mol. The van der Waals surface area contributed by atoms with Gasteiger partial charge in [-0.25, -0.2) is 4.98 Å². The topological polar surface area (TPSA) is 34.6 Å². The highest BCUT2D eigenvalue weighted by molar-refractivity contribution is 5.84. The van der Waals surface area contributed by atoms with Crippen molar-refractivity contribution in [2.24, 2.45) is 0 Å². The summed E-state index contributed by atoms with van der Waals surface area (Å²) in [7, 11) is 1.70. The van der Waals surface area contributed by atoms with E-state index in [1.54, 1.807) is 7.11 Å². The van der Waals surface area contributed by atoms with Crippen molar-refractivity contribution in [2.75, 3.05) is 31.7 Å². The average Bonchev–Trinajstić information content (AvgIpc) is 2.78. The molecule has 1 aliphatic heterocycles. The van der Waals surface area contributed by atoms with Gasteiger partial charge in [-0.1, -0.05) is 36.4 Å².